The van der Waals surface area contributed by atoms with E-state index in [4.69, 9.17) is 0 Å². The molecule has 138 valence electrons. The Hall–Kier alpha value is -1.40. The highest BCUT2D eigenvalue weighted by Crippen LogP contribution is 2.25. The Balaban J connectivity index is 1.48. The summed E-state index contributed by atoms with van der Waals surface area (Å²) < 4.78 is 0. The summed E-state index contributed by atoms with van der Waals surface area (Å²) in [6, 6.07) is 2.01. The molecule has 3 rings (SSSR count). The largest absolute Gasteiger partial charge is 0.340 e. The minimum Gasteiger partial charge on any atom is -0.340 e. The zero-order valence-corrected chi connectivity index (χ0v) is 16.2. The van der Waals surface area contributed by atoms with Crippen molar-refractivity contribution in [3.05, 3.63) is 21.9 Å². The number of nitrogens with zero attached hydrogens (tertiary/aromatic N) is 3. The summed E-state index contributed by atoms with van der Waals surface area (Å²) in [6.07, 6.45) is 3.69. The Labute approximate surface area is 154 Å². The van der Waals surface area contributed by atoms with E-state index in [9.17, 15) is 9.59 Å². The molecular weight excluding hydrogens is 334 g/mol. The van der Waals surface area contributed by atoms with Crippen molar-refractivity contribution in [1.29, 1.82) is 0 Å². The topological polar surface area (TPSA) is 43.9 Å². The van der Waals surface area contributed by atoms with Crippen LogP contribution in [0.3, 0.4) is 0 Å². The molecular formula is C19H29N3O2S. The number of carbonyl (C=O) groups is 2. The number of piperidine rings is 1. The predicted molar refractivity (Wildman–Crippen MR) is 101 cm³/mol. The van der Waals surface area contributed by atoms with E-state index < -0.39 is 0 Å². The lowest BCUT2D eigenvalue weighted by Gasteiger charge is -2.34. The molecule has 0 spiro atoms. The second-order valence-corrected chi connectivity index (χ2v) is 8.33. The molecule has 3 heterocycles. The molecule has 2 aliphatic rings. The Kier molecular flexibility index (Phi) is 6.12. The summed E-state index contributed by atoms with van der Waals surface area (Å²) in [5, 5.41) is 1.98. The van der Waals surface area contributed by atoms with Crippen molar-refractivity contribution in [1.82, 2.24) is 14.7 Å². The third-order valence-electron chi connectivity index (χ3n) is 5.48. The fourth-order valence-electron chi connectivity index (χ4n) is 3.76. The van der Waals surface area contributed by atoms with Gasteiger partial charge < -0.3 is 14.7 Å². The normalized spacial score (nSPS) is 22.2. The smallest absolute Gasteiger partial charge is 0.264 e. The molecule has 0 saturated carbocycles. The monoisotopic (exact) mass is 363 g/mol. The molecule has 1 aromatic heterocycles. The summed E-state index contributed by atoms with van der Waals surface area (Å²) in [5.41, 5.74) is 1.07. The van der Waals surface area contributed by atoms with Gasteiger partial charge in [0.05, 0.1) is 4.88 Å². The Morgan fingerprint density at radius 3 is 2.60 bits per heavy atom. The number of rotatable bonds is 4. The lowest BCUT2D eigenvalue weighted by Crippen LogP contribution is -2.47. The second kappa shape index (κ2) is 8.32. The minimum absolute atomic E-state index is 0.169. The number of likely N-dealkylation sites (tertiary alicyclic amines) is 1. The summed E-state index contributed by atoms with van der Waals surface area (Å²) in [6.45, 7) is 7.28. The SMILES string of the molecule is Cc1ccsc1C(=O)N1CCC[C@H](CCC(=O)N2CCN(C)CC2)C1. The maximum Gasteiger partial charge on any atom is 0.264 e. The quantitative estimate of drug-likeness (QED) is 0.825. The molecule has 2 fully saturated rings. The number of hydrogen-bond donors (Lipinski definition) is 0. The minimum atomic E-state index is 0.169. The third-order valence-corrected chi connectivity index (χ3v) is 6.49. The van der Waals surface area contributed by atoms with Crippen molar-refractivity contribution in [2.24, 2.45) is 5.92 Å². The van der Waals surface area contributed by atoms with Crippen LogP contribution in [0, 0.1) is 12.8 Å². The number of thiophene rings is 1. The van der Waals surface area contributed by atoms with Gasteiger partial charge in [-0.05, 0) is 56.2 Å². The van der Waals surface area contributed by atoms with Crippen LogP contribution in [-0.2, 0) is 4.79 Å². The van der Waals surface area contributed by atoms with Crippen LogP contribution in [-0.4, -0.2) is 72.8 Å². The maximum atomic E-state index is 12.7. The standard InChI is InChI=1S/C19H29N3O2S/c1-15-7-13-25-18(15)19(24)22-8-3-4-16(14-22)5-6-17(23)21-11-9-20(2)10-12-21/h7,13,16H,3-6,8-12,14H2,1-2H3/t16-/m1/s1. The van der Waals surface area contributed by atoms with Gasteiger partial charge in [-0.3, -0.25) is 9.59 Å². The maximum absolute atomic E-state index is 12.7. The van der Waals surface area contributed by atoms with E-state index in [1.165, 1.54) is 11.3 Å². The van der Waals surface area contributed by atoms with Crippen LogP contribution >= 0.6 is 11.3 Å². The fourth-order valence-corrected chi connectivity index (χ4v) is 4.65. The Morgan fingerprint density at radius 2 is 1.92 bits per heavy atom. The van der Waals surface area contributed by atoms with Crippen molar-refractivity contribution in [2.45, 2.75) is 32.6 Å². The molecule has 5 nitrogen and oxygen atoms in total. The molecule has 25 heavy (non-hydrogen) atoms. The van der Waals surface area contributed by atoms with Crippen LogP contribution < -0.4 is 0 Å². The Bertz CT molecular complexity index is 608. The van der Waals surface area contributed by atoms with Crippen molar-refractivity contribution in [2.75, 3.05) is 46.3 Å². The zero-order valence-electron chi connectivity index (χ0n) is 15.4. The number of aryl methyl sites for hydroxylation is 1. The first-order valence-electron chi connectivity index (χ1n) is 9.34. The molecule has 0 radical (unpaired) electrons. The summed E-state index contributed by atoms with van der Waals surface area (Å²) in [4.78, 5) is 32.3. The van der Waals surface area contributed by atoms with Crippen molar-refractivity contribution in [3.63, 3.8) is 0 Å². The number of piperazine rings is 1. The molecule has 2 amide bonds. The predicted octanol–water partition coefficient (Wildman–Crippen LogP) is 2.46. The molecule has 0 aromatic carbocycles. The number of likely N-dealkylation sites (N-methyl/N-ethyl adjacent to an activating group) is 1. The molecule has 1 aromatic rings. The summed E-state index contributed by atoms with van der Waals surface area (Å²) in [5.74, 6) is 0.905. The fraction of sp³-hybridized carbons (Fsp3) is 0.684. The molecule has 0 N–H and O–H groups in total. The molecule has 1 atom stereocenters. The highest BCUT2D eigenvalue weighted by molar-refractivity contribution is 7.12. The van der Waals surface area contributed by atoms with E-state index in [1.54, 1.807) is 0 Å². The van der Waals surface area contributed by atoms with Gasteiger partial charge in [0.2, 0.25) is 5.91 Å². The van der Waals surface area contributed by atoms with Crippen LogP contribution in [0.1, 0.15) is 40.9 Å². The van der Waals surface area contributed by atoms with Crippen LogP contribution in [0.5, 0.6) is 0 Å². The molecule has 0 bridgehead atoms. The van der Waals surface area contributed by atoms with Crippen molar-refractivity contribution >= 4 is 23.2 Å². The van der Waals surface area contributed by atoms with Gasteiger partial charge in [0.1, 0.15) is 0 Å². The first-order chi connectivity index (χ1) is 12.0. The van der Waals surface area contributed by atoms with E-state index in [1.807, 2.05) is 28.2 Å². The van der Waals surface area contributed by atoms with E-state index >= 15 is 0 Å². The summed E-state index contributed by atoms with van der Waals surface area (Å²) in [7, 11) is 2.10. The first kappa shape index (κ1) is 18.4. The van der Waals surface area contributed by atoms with Gasteiger partial charge in [-0.1, -0.05) is 0 Å². The van der Waals surface area contributed by atoms with Crippen LogP contribution in [0.15, 0.2) is 11.4 Å². The number of hydrogen-bond acceptors (Lipinski definition) is 4. The van der Waals surface area contributed by atoms with Crippen LogP contribution in [0.4, 0.5) is 0 Å². The van der Waals surface area contributed by atoms with Gasteiger partial charge in [-0.15, -0.1) is 11.3 Å². The first-order valence-corrected chi connectivity index (χ1v) is 10.2. The van der Waals surface area contributed by atoms with Crippen LogP contribution in [0.25, 0.3) is 0 Å². The zero-order chi connectivity index (χ0) is 17.8. The van der Waals surface area contributed by atoms with E-state index in [2.05, 4.69) is 11.9 Å². The van der Waals surface area contributed by atoms with E-state index in [-0.39, 0.29) is 11.8 Å². The highest BCUT2D eigenvalue weighted by Gasteiger charge is 2.27. The molecule has 2 saturated heterocycles. The van der Waals surface area contributed by atoms with Gasteiger partial charge in [-0.2, -0.15) is 0 Å². The van der Waals surface area contributed by atoms with Crippen molar-refractivity contribution in [3.8, 4) is 0 Å². The number of amides is 2. The van der Waals surface area contributed by atoms with E-state index in [0.29, 0.717) is 12.3 Å². The highest BCUT2D eigenvalue weighted by atomic mass is 32.1. The average molecular weight is 364 g/mol. The third kappa shape index (κ3) is 4.61. The average Bonchev–Trinajstić information content (AvgIpc) is 3.06. The summed E-state index contributed by atoms with van der Waals surface area (Å²) >= 11 is 1.53. The van der Waals surface area contributed by atoms with Gasteiger partial charge in [0, 0.05) is 45.7 Å². The van der Waals surface area contributed by atoms with Gasteiger partial charge in [0.15, 0.2) is 0 Å². The molecule has 2 aliphatic heterocycles. The second-order valence-electron chi connectivity index (χ2n) is 7.41. The lowest BCUT2D eigenvalue weighted by atomic mass is 9.93. The van der Waals surface area contributed by atoms with Crippen molar-refractivity contribution < 1.29 is 9.59 Å². The van der Waals surface area contributed by atoms with Gasteiger partial charge >= 0.3 is 0 Å². The van der Waals surface area contributed by atoms with Gasteiger partial charge in [-0.25, -0.2) is 0 Å². The molecule has 6 heteroatoms. The van der Waals surface area contributed by atoms with Crippen LogP contribution in [0.2, 0.25) is 0 Å². The van der Waals surface area contributed by atoms with Gasteiger partial charge in [0.25, 0.3) is 5.91 Å². The molecule has 0 aliphatic carbocycles. The Morgan fingerprint density at radius 1 is 1.16 bits per heavy atom. The number of carbonyl (C=O) groups excluding carboxylic acids is 2. The lowest BCUT2D eigenvalue weighted by molar-refractivity contribution is -0.133. The molecule has 0 unspecified atom stereocenters. The van der Waals surface area contributed by atoms with E-state index in [0.717, 1.165) is 69.0 Å².